The number of halogens is 1. The molecule has 0 aliphatic heterocycles. The van der Waals surface area contributed by atoms with Crippen molar-refractivity contribution in [3.8, 4) is 21.7 Å². The van der Waals surface area contributed by atoms with Crippen LogP contribution in [-0.4, -0.2) is 9.97 Å². The molecular formula is C22H19FN2S2. The maximum Gasteiger partial charge on any atom is 0.123 e. The maximum absolute atomic E-state index is 13.4. The first-order valence-corrected chi connectivity index (χ1v) is 10.4. The minimum atomic E-state index is -0.234. The third kappa shape index (κ3) is 3.84. The average molecular weight is 395 g/mol. The lowest BCUT2D eigenvalue weighted by Crippen LogP contribution is -1.92. The van der Waals surface area contributed by atoms with Crippen molar-refractivity contribution in [2.75, 3.05) is 0 Å². The summed E-state index contributed by atoms with van der Waals surface area (Å²) in [5, 5.41) is 4.13. The van der Waals surface area contributed by atoms with E-state index in [0.29, 0.717) is 0 Å². The fraction of sp³-hybridized carbons (Fsp3) is 0.182. The first kappa shape index (κ1) is 18.0. The van der Waals surface area contributed by atoms with Crippen LogP contribution in [0.5, 0.6) is 0 Å². The quantitative estimate of drug-likeness (QED) is 0.390. The van der Waals surface area contributed by atoms with Crippen LogP contribution in [0.15, 0.2) is 47.8 Å². The second-order valence-corrected chi connectivity index (χ2v) is 8.75. The number of nitrogens with zero attached hydrogens (tertiary/aromatic N) is 2. The Bertz CT molecular complexity index is 1110. The van der Waals surface area contributed by atoms with Gasteiger partial charge in [0.1, 0.15) is 5.82 Å². The minimum absolute atomic E-state index is 0.234. The SMILES string of the molecule is Cc1nc(C)c(-c2ccc(Cc3nc(-c4cccc(F)c4)cs3)c(C)c2)s1. The van der Waals surface area contributed by atoms with Crippen molar-refractivity contribution in [1.82, 2.24) is 9.97 Å². The van der Waals surface area contributed by atoms with E-state index < -0.39 is 0 Å². The van der Waals surface area contributed by atoms with Crippen LogP contribution in [0.3, 0.4) is 0 Å². The summed E-state index contributed by atoms with van der Waals surface area (Å²) in [4.78, 5) is 10.5. The zero-order valence-corrected chi connectivity index (χ0v) is 17.0. The summed E-state index contributed by atoms with van der Waals surface area (Å²) in [6.07, 6.45) is 0.785. The number of rotatable bonds is 4. The highest BCUT2D eigenvalue weighted by atomic mass is 32.1. The first-order chi connectivity index (χ1) is 13.0. The molecular weight excluding hydrogens is 375 g/mol. The van der Waals surface area contributed by atoms with Crippen LogP contribution in [0, 0.1) is 26.6 Å². The second-order valence-electron chi connectivity index (χ2n) is 6.60. The Kier molecular flexibility index (Phi) is 4.89. The van der Waals surface area contributed by atoms with Gasteiger partial charge in [0.15, 0.2) is 0 Å². The molecule has 0 atom stereocenters. The summed E-state index contributed by atoms with van der Waals surface area (Å²) in [5.41, 5.74) is 6.47. The van der Waals surface area contributed by atoms with Gasteiger partial charge < -0.3 is 0 Å². The minimum Gasteiger partial charge on any atom is -0.246 e. The van der Waals surface area contributed by atoms with Crippen LogP contribution >= 0.6 is 22.7 Å². The fourth-order valence-corrected chi connectivity index (χ4v) is 4.91. The molecule has 2 aromatic carbocycles. The van der Waals surface area contributed by atoms with Crippen molar-refractivity contribution in [1.29, 1.82) is 0 Å². The van der Waals surface area contributed by atoms with E-state index in [4.69, 9.17) is 4.98 Å². The van der Waals surface area contributed by atoms with E-state index in [2.05, 4.69) is 37.0 Å². The van der Waals surface area contributed by atoms with Gasteiger partial charge in [-0.3, -0.25) is 0 Å². The Morgan fingerprint density at radius 1 is 0.963 bits per heavy atom. The summed E-state index contributed by atoms with van der Waals surface area (Å²) in [5.74, 6) is -0.234. The van der Waals surface area contributed by atoms with Crippen molar-refractivity contribution in [2.24, 2.45) is 0 Å². The number of aryl methyl sites for hydroxylation is 3. The van der Waals surface area contributed by atoms with E-state index in [-0.39, 0.29) is 5.82 Å². The molecule has 2 nitrogen and oxygen atoms in total. The van der Waals surface area contributed by atoms with E-state index in [9.17, 15) is 4.39 Å². The van der Waals surface area contributed by atoms with Gasteiger partial charge in [-0.1, -0.05) is 30.3 Å². The van der Waals surface area contributed by atoms with Gasteiger partial charge in [-0.15, -0.1) is 22.7 Å². The summed E-state index contributed by atoms with van der Waals surface area (Å²) in [6.45, 7) is 6.25. The number of benzene rings is 2. The number of aromatic nitrogens is 2. The van der Waals surface area contributed by atoms with E-state index in [1.165, 1.54) is 33.7 Å². The highest BCUT2D eigenvalue weighted by Crippen LogP contribution is 2.32. The molecule has 0 bridgehead atoms. The Morgan fingerprint density at radius 2 is 1.81 bits per heavy atom. The van der Waals surface area contributed by atoms with Crippen molar-refractivity contribution in [3.63, 3.8) is 0 Å². The summed E-state index contributed by atoms with van der Waals surface area (Å²) >= 11 is 3.35. The zero-order valence-electron chi connectivity index (χ0n) is 15.4. The molecule has 0 unspecified atom stereocenters. The molecule has 27 heavy (non-hydrogen) atoms. The molecule has 0 spiro atoms. The van der Waals surface area contributed by atoms with Gasteiger partial charge in [0, 0.05) is 17.4 Å². The van der Waals surface area contributed by atoms with E-state index in [1.54, 1.807) is 28.7 Å². The highest BCUT2D eigenvalue weighted by molar-refractivity contribution is 7.15. The Morgan fingerprint density at radius 3 is 2.52 bits per heavy atom. The van der Waals surface area contributed by atoms with E-state index >= 15 is 0 Å². The lowest BCUT2D eigenvalue weighted by molar-refractivity contribution is 0.628. The molecule has 5 heteroatoms. The van der Waals surface area contributed by atoms with Gasteiger partial charge in [-0.05, 0) is 49.6 Å². The third-order valence-electron chi connectivity index (χ3n) is 4.52. The summed E-state index contributed by atoms with van der Waals surface area (Å²) < 4.78 is 13.4. The van der Waals surface area contributed by atoms with E-state index in [0.717, 1.165) is 33.4 Å². The van der Waals surface area contributed by atoms with Crippen molar-refractivity contribution >= 4 is 22.7 Å². The predicted molar refractivity (Wildman–Crippen MR) is 112 cm³/mol. The topological polar surface area (TPSA) is 25.8 Å². The Labute approximate surface area is 166 Å². The molecule has 2 heterocycles. The second kappa shape index (κ2) is 7.33. The van der Waals surface area contributed by atoms with Gasteiger partial charge >= 0.3 is 0 Å². The molecule has 2 aromatic heterocycles. The molecule has 0 fully saturated rings. The fourth-order valence-electron chi connectivity index (χ4n) is 3.17. The number of hydrogen-bond donors (Lipinski definition) is 0. The average Bonchev–Trinajstić information content (AvgIpc) is 3.23. The van der Waals surface area contributed by atoms with Crippen LogP contribution in [-0.2, 0) is 6.42 Å². The van der Waals surface area contributed by atoms with Gasteiger partial charge in [0.2, 0.25) is 0 Å². The normalized spacial score (nSPS) is 11.1. The van der Waals surface area contributed by atoms with Crippen molar-refractivity contribution in [2.45, 2.75) is 27.2 Å². The number of hydrogen-bond acceptors (Lipinski definition) is 4. The highest BCUT2D eigenvalue weighted by Gasteiger charge is 2.11. The monoisotopic (exact) mass is 394 g/mol. The largest absolute Gasteiger partial charge is 0.246 e. The molecule has 0 aliphatic carbocycles. The molecule has 0 aliphatic rings. The van der Waals surface area contributed by atoms with Gasteiger partial charge in [0.05, 0.1) is 26.3 Å². The lowest BCUT2D eigenvalue weighted by atomic mass is 10.0. The van der Waals surface area contributed by atoms with Crippen LogP contribution in [0.2, 0.25) is 0 Å². The van der Waals surface area contributed by atoms with Crippen LogP contribution in [0.4, 0.5) is 4.39 Å². The maximum atomic E-state index is 13.4. The molecule has 0 radical (unpaired) electrons. The summed E-state index contributed by atoms with van der Waals surface area (Å²) in [6, 6.07) is 13.2. The van der Waals surface area contributed by atoms with Crippen molar-refractivity contribution < 1.29 is 4.39 Å². The van der Waals surface area contributed by atoms with Gasteiger partial charge in [-0.2, -0.15) is 0 Å². The van der Waals surface area contributed by atoms with Crippen molar-refractivity contribution in [3.05, 3.63) is 80.5 Å². The van der Waals surface area contributed by atoms with Crippen LogP contribution in [0.25, 0.3) is 21.7 Å². The Hall–Kier alpha value is -2.37. The van der Waals surface area contributed by atoms with Gasteiger partial charge in [-0.25, -0.2) is 14.4 Å². The van der Waals surface area contributed by atoms with E-state index in [1.807, 2.05) is 18.4 Å². The molecule has 136 valence electrons. The Balaban J connectivity index is 1.58. The molecule has 4 rings (SSSR count). The van der Waals surface area contributed by atoms with Crippen LogP contribution in [0.1, 0.15) is 26.8 Å². The standard InChI is InChI=1S/C22H19FN2S2/c1-13-9-18(22-14(2)24-15(3)27-22)8-7-16(13)11-21-25-20(12-26-21)17-5-4-6-19(23)10-17/h4-10,12H,11H2,1-3H3. The molecule has 0 N–H and O–H groups in total. The first-order valence-electron chi connectivity index (χ1n) is 8.74. The third-order valence-corrected chi connectivity index (χ3v) is 6.49. The molecule has 0 saturated heterocycles. The molecule has 0 saturated carbocycles. The van der Waals surface area contributed by atoms with Gasteiger partial charge in [0.25, 0.3) is 0 Å². The predicted octanol–water partition coefficient (Wildman–Crippen LogP) is 6.59. The smallest absolute Gasteiger partial charge is 0.123 e. The molecule has 4 aromatic rings. The lowest BCUT2D eigenvalue weighted by Gasteiger charge is -2.07. The van der Waals surface area contributed by atoms with Crippen LogP contribution < -0.4 is 0 Å². The number of thiazole rings is 2. The summed E-state index contributed by atoms with van der Waals surface area (Å²) in [7, 11) is 0. The molecule has 0 amide bonds. The zero-order chi connectivity index (χ0) is 19.0.